The summed E-state index contributed by atoms with van der Waals surface area (Å²) < 4.78 is 64.6. The Balaban J connectivity index is 2.02. The fourth-order valence-corrected chi connectivity index (χ4v) is 4.24. The Bertz CT molecular complexity index is 735. The predicted octanol–water partition coefficient (Wildman–Crippen LogP) is 3.69. The topological polar surface area (TPSA) is 75.3 Å². The average Bonchev–Trinajstić information content (AvgIpc) is 2.54. The van der Waals surface area contributed by atoms with Crippen LogP contribution in [-0.4, -0.2) is 32.3 Å². The van der Waals surface area contributed by atoms with E-state index in [0.29, 0.717) is 19.3 Å². The lowest BCUT2D eigenvalue weighted by atomic mass is 9.85. The molecule has 1 aliphatic carbocycles. The third-order valence-corrected chi connectivity index (χ3v) is 5.84. The summed E-state index contributed by atoms with van der Waals surface area (Å²) in [5.41, 5.74) is 0.457. The van der Waals surface area contributed by atoms with Gasteiger partial charge in [-0.05, 0) is 43.9 Å². The fourth-order valence-electron chi connectivity index (χ4n) is 3.11. The van der Waals surface area contributed by atoms with Gasteiger partial charge in [-0.3, -0.25) is 9.52 Å². The van der Waals surface area contributed by atoms with Crippen molar-refractivity contribution in [2.45, 2.75) is 51.2 Å². The van der Waals surface area contributed by atoms with Crippen LogP contribution >= 0.6 is 0 Å². The van der Waals surface area contributed by atoms with Crippen LogP contribution in [0.4, 0.5) is 18.9 Å². The van der Waals surface area contributed by atoms with Gasteiger partial charge in [-0.15, -0.1) is 0 Å². The SMILES string of the molecule is CCCS(=O)(=O)Nc1cccc(C(=O)N[C@H]2CCC[C@@H](C(F)(F)F)C2)c1. The molecule has 0 heterocycles. The molecule has 1 aliphatic rings. The Hall–Kier alpha value is -1.77. The number of carbonyl (C=O) groups is 1. The molecule has 9 heteroatoms. The second-order valence-electron chi connectivity index (χ2n) is 6.58. The van der Waals surface area contributed by atoms with Crippen molar-refractivity contribution in [1.29, 1.82) is 0 Å². The zero-order chi connectivity index (χ0) is 19.4. The molecule has 0 bridgehead atoms. The van der Waals surface area contributed by atoms with Crippen LogP contribution < -0.4 is 10.0 Å². The van der Waals surface area contributed by atoms with Crippen LogP contribution in [0.2, 0.25) is 0 Å². The Morgan fingerprint density at radius 3 is 2.65 bits per heavy atom. The number of nitrogens with one attached hydrogen (secondary N) is 2. The molecule has 146 valence electrons. The second kappa shape index (κ2) is 8.28. The van der Waals surface area contributed by atoms with E-state index >= 15 is 0 Å². The van der Waals surface area contributed by atoms with Crippen LogP contribution in [0.15, 0.2) is 24.3 Å². The molecule has 0 unspecified atom stereocenters. The number of hydrogen-bond donors (Lipinski definition) is 2. The number of amides is 1. The van der Waals surface area contributed by atoms with Crippen molar-refractivity contribution in [3.63, 3.8) is 0 Å². The number of sulfonamides is 1. The lowest BCUT2D eigenvalue weighted by Crippen LogP contribution is -2.41. The van der Waals surface area contributed by atoms with Crippen LogP contribution in [-0.2, 0) is 10.0 Å². The van der Waals surface area contributed by atoms with E-state index < -0.39 is 34.1 Å². The first-order valence-corrected chi connectivity index (χ1v) is 10.2. The van der Waals surface area contributed by atoms with Crippen molar-refractivity contribution in [3.8, 4) is 0 Å². The lowest BCUT2D eigenvalue weighted by Gasteiger charge is -2.31. The summed E-state index contributed by atoms with van der Waals surface area (Å²) in [4.78, 5) is 12.3. The third-order valence-electron chi connectivity index (χ3n) is 4.34. The van der Waals surface area contributed by atoms with Crippen LogP contribution in [0.25, 0.3) is 0 Å². The molecule has 0 radical (unpaired) electrons. The summed E-state index contributed by atoms with van der Waals surface area (Å²) in [5.74, 6) is -1.94. The molecule has 26 heavy (non-hydrogen) atoms. The van der Waals surface area contributed by atoms with Gasteiger partial charge in [0.15, 0.2) is 0 Å². The first-order valence-electron chi connectivity index (χ1n) is 8.59. The zero-order valence-electron chi connectivity index (χ0n) is 14.5. The molecule has 0 spiro atoms. The first kappa shape index (κ1) is 20.5. The summed E-state index contributed by atoms with van der Waals surface area (Å²) in [6, 6.07) is 5.38. The average molecular weight is 392 g/mol. The van der Waals surface area contributed by atoms with E-state index in [1.807, 2.05) is 0 Å². The minimum absolute atomic E-state index is 0.0374. The molecular weight excluding hydrogens is 369 g/mol. The van der Waals surface area contributed by atoms with E-state index in [9.17, 15) is 26.4 Å². The largest absolute Gasteiger partial charge is 0.391 e. The Labute approximate surface area is 151 Å². The number of rotatable bonds is 6. The van der Waals surface area contributed by atoms with Gasteiger partial charge in [0.2, 0.25) is 10.0 Å². The van der Waals surface area contributed by atoms with E-state index in [1.54, 1.807) is 6.92 Å². The van der Waals surface area contributed by atoms with Crippen molar-refractivity contribution in [2.24, 2.45) is 5.92 Å². The Morgan fingerprint density at radius 2 is 2.00 bits per heavy atom. The molecule has 1 saturated carbocycles. The number of carbonyl (C=O) groups excluding carboxylic acids is 1. The number of alkyl halides is 3. The Morgan fingerprint density at radius 1 is 1.27 bits per heavy atom. The quantitative estimate of drug-likeness (QED) is 0.775. The molecule has 0 saturated heterocycles. The van der Waals surface area contributed by atoms with Crippen molar-refractivity contribution in [2.75, 3.05) is 10.5 Å². The number of hydrogen-bond acceptors (Lipinski definition) is 3. The van der Waals surface area contributed by atoms with Gasteiger partial charge in [-0.1, -0.05) is 19.4 Å². The van der Waals surface area contributed by atoms with Gasteiger partial charge < -0.3 is 5.32 Å². The van der Waals surface area contributed by atoms with Crippen LogP contribution in [0.5, 0.6) is 0 Å². The number of halogens is 3. The van der Waals surface area contributed by atoms with Crippen molar-refractivity contribution in [1.82, 2.24) is 5.32 Å². The summed E-state index contributed by atoms with van der Waals surface area (Å²) in [5, 5.41) is 2.64. The Kier molecular flexibility index (Phi) is 6.54. The molecule has 0 aromatic heterocycles. The van der Waals surface area contributed by atoms with Gasteiger partial charge in [-0.2, -0.15) is 13.2 Å². The maximum atomic E-state index is 12.9. The highest BCUT2D eigenvalue weighted by Crippen LogP contribution is 2.37. The van der Waals surface area contributed by atoms with Gasteiger partial charge in [0.25, 0.3) is 5.91 Å². The van der Waals surface area contributed by atoms with Gasteiger partial charge in [-0.25, -0.2) is 8.42 Å². The maximum absolute atomic E-state index is 12.9. The van der Waals surface area contributed by atoms with Crippen molar-refractivity contribution in [3.05, 3.63) is 29.8 Å². The number of anilines is 1. The van der Waals surface area contributed by atoms with E-state index in [4.69, 9.17) is 0 Å². The highest BCUT2D eigenvalue weighted by molar-refractivity contribution is 7.92. The monoisotopic (exact) mass is 392 g/mol. The second-order valence-corrected chi connectivity index (χ2v) is 8.42. The van der Waals surface area contributed by atoms with E-state index in [0.717, 1.165) is 0 Å². The van der Waals surface area contributed by atoms with Crippen molar-refractivity contribution < 1.29 is 26.4 Å². The molecule has 5 nitrogen and oxygen atoms in total. The summed E-state index contributed by atoms with van der Waals surface area (Å²) in [6.07, 6.45) is -2.92. The maximum Gasteiger partial charge on any atom is 0.391 e. The van der Waals surface area contributed by atoms with Gasteiger partial charge in [0.05, 0.1) is 11.7 Å². The van der Waals surface area contributed by atoms with Gasteiger partial charge >= 0.3 is 6.18 Å². The van der Waals surface area contributed by atoms with Crippen LogP contribution in [0, 0.1) is 5.92 Å². The molecule has 0 aliphatic heterocycles. The molecule has 1 aromatic carbocycles. The van der Waals surface area contributed by atoms with Crippen molar-refractivity contribution >= 4 is 21.6 Å². The molecule has 2 rings (SSSR count). The molecule has 2 atom stereocenters. The molecule has 2 N–H and O–H groups in total. The van der Waals surface area contributed by atoms with Gasteiger partial charge in [0, 0.05) is 17.3 Å². The van der Waals surface area contributed by atoms with E-state index in [-0.39, 0.29) is 29.8 Å². The minimum Gasteiger partial charge on any atom is -0.349 e. The summed E-state index contributed by atoms with van der Waals surface area (Å²) in [6.45, 7) is 1.74. The molecular formula is C17H23F3N2O3S. The van der Waals surface area contributed by atoms with E-state index in [1.165, 1.54) is 24.3 Å². The molecule has 1 amide bonds. The standard InChI is InChI=1S/C17H23F3N2O3S/c1-2-9-26(24,25)22-15-8-3-5-12(10-15)16(23)21-14-7-4-6-13(11-14)17(18,19)20/h3,5,8,10,13-14,22H,2,4,6-7,9,11H2,1H3,(H,21,23)/t13-,14+/m1/s1. The van der Waals surface area contributed by atoms with Gasteiger partial charge in [0.1, 0.15) is 0 Å². The minimum atomic E-state index is -4.25. The normalized spacial score (nSPS) is 21.2. The highest BCUT2D eigenvalue weighted by atomic mass is 32.2. The smallest absolute Gasteiger partial charge is 0.349 e. The van der Waals surface area contributed by atoms with E-state index in [2.05, 4.69) is 10.0 Å². The lowest BCUT2D eigenvalue weighted by molar-refractivity contribution is -0.183. The predicted molar refractivity (Wildman–Crippen MR) is 93.4 cm³/mol. The fraction of sp³-hybridized carbons (Fsp3) is 0.588. The molecule has 1 aromatic rings. The van der Waals surface area contributed by atoms with Crippen LogP contribution in [0.1, 0.15) is 49.4 Å². The summed E-state index contributed by atoms with van der Waals surface area (Å²) in [7, 11) is -3.48. The zero-order valence-corrected chi connectivity index (χ0v) is 15.3. The number of benzene rings is 1. The summed E-state index contributed by atoms with van der Waals surface area (Å²) >= 11 is 0. The first-order chi connectivity index (χ1) is 12.1. The third kappa shape index (κ3) is 5.89. The highest BCUT2D eigenvalue weighted by Gasteiger charge is 2.42. The molecule has 1 fully saturated rings. The van der Waals surface area contributed by atoms with Crippen LogP contribution in [0.3, 0.4) is 0 Å².